The molecule has 0 amide bonds. The molecule has 0 fully saturated rings. The van der Waals surface area contributed by atoms with Crippen molar-refractivity contribution in [3.8, 4) is 17.3 Å². The van der Waals surface area contributed by atoms with E-state index in [1.54, 1.807) is 12.1 Å². The molecule has 8 nitrogen and oxygen atoms in total. The van der Waals surface area contributed by atoms with Crippen LogP contribution in [-0.2, 0) is 17.4 Å². The van der Waals surface area contributed by atoms with E-state index in [0.29, 0.717) is 17.2 Å². The lowest BCUT2D eigenvalue weighted by Gasteiger charge is -2.30. The summed E-state index contributed by atoms with van der Waals surface area (Å²) < 4.78 is 67.3. The predicted molar refractivity (Wildman–Crippen MR) is 93.7 cm³/mol. The lowest BCUT2D eigenvalue weighted by molar-refractivity contribution is -0.461. The molecule has 154 valence electrons. The molecule has 0 atom stereocenters. The fourth-order valence-electron chi connectivity index (χ4n) is 3.08. The van der Waals surface area contributed by atoms with Gasteiger partial charge in [0.25, 0.3) is 0 Å². The number of anilines is 1. The van der Waals surface area contributed by atoms with Crippen molar-refractivity contribution in [3.63, 3.8) is 0 Å². The molecule has 5 rings (SSSR count). The van der Waals surface area contributed by atoms with Crippen LogP contribution in [0.25, 0.3) is 22.6 Å². The molecule has 0 saturated heterocycles. The number of rotatable bonds is 4. The Morgan fingerprint density at radius 1 is 1.03 bits per heavy atom. The Labute approximate surface area is 164 Å². The topological polar surface area (TPSA) is 98.1 Å². The number of hydrogen-bond acceptors (Lipinski definition) is 7. The summed E-state index contributed by atoms with van der Waals surface area (Å²) in [6.07, 6.45) is -8.59. The SMILES string of the molecule is FC1(F)Oc2ccc(NCc3ccc4cc(-c5nn[nH]n5)oc4c3)cc2C(F)(F)O1. The largest absolute Gasteiger partial charge is 0.540 e. The van der Waals surface area contributed by atoms with Gasteiger partial charge < -0.3 is 14.5 Å². The van der Waals surface area contributed by atoms with E-state index in [9.17, 15) is 17.6 Å². The number of nitrogens with zero attached hydrogens (tertiary/aromatic N) is 3. The number of furan rings is 1. The second-order valence-electron chi connectivity index (χ2n) is 6.47. The van der Waals surface area contributed by atoms with E-state index in [-0.39, 0.29) is 12.2 Å². The van der Waals surface area contributed by atoms with Gasteiger partial charge in [0, 0.05) is 17.6 Å². The normalized spacial score (nSPS) is 16.8. The van der Waals surface area contributed by atoms with Gasteiger partial charge in [-0.15, -0.1) is 19.0 Å². The molecule has 2 aromatic carbocycles. The van der Waals surface area contributed by atoms with Gasteiger partial charge in [0.05, 0.1) is 5.56 Å². The Balaban J connectivity index is 1.36. The van der Waals surface area contributed by atoms with E-state index < -0.39 is 23.7 Å². The van der Waals surface area contributed by atoms with Crippen molar-refractivity contribution in [1.29, 1.82) is 0 Å². The fourth-order valence-corrected chi connectivity index (χ4v) is 3.08. The zero-order valence-corrected chi connectivity index (χ0v) is 14.8. The van der Waals surface area contributed by atoms with Gasteiger partial charge in [0.1, 0.15) is 11.3 Å². The van der Waals surface area contributed by atoms with E-state index in [0.717, 1.165) is 23.1 Å². The highest BCUT2D eigenvalue weighted by Crippen LogP contribution is 2.46. The summed E-state index contributed by atoms with van der Waals surface area (Å²) in [5, 5.41) is 17.3. The molecule has 0 unspecified atom stereocenters. The van der Waals surface area contributed by atoms with E-state index in [1.807, 2.05) is 12.1 Å². The number of alkyl halides is 4. The van der Waals surface area contributed by atoms with Crippen molar-refractivity contribution in [2.45, 2.75) is 18.9 Å². The molecule has 2 N–H and O–H groups in total. The van der Waals surface area contributed by atoms with Crippen LogP contribution in [0.15, 0.2) is 46.9 Å². The molecule has 0 radical (unpaired) electrons. The van der Waals surface area contributed by atoms with Crippen molar-refractivity contribution < 1.29 is 31.5 Å². The average molecular weight is 421 g/mol. The van der Waals surface area contributed by atoms with Gasteiger partial charge in [0.2, 0.25) is 5.82 Å². The second-order valence-corrected chi connectivity index (χ2v) is 6.47. The third kappa shape index (κ3) is 3.30. The molecule has 1 aliphatic heterocycles. The van der Waals surface area contributed by atoms with Gasteiger partial charge in [-0.05, 0) is 41.1 Å². The molecule has 2 aromatic heterocycles. The molecule has 12 heteroatoms. The lowest BCUT2D eigenvalue weighted by atomic mass is 10.1. The summed E-state index contributed by atoms with van der Waals surface area (Å²) in [4.78, 5) is 0. The Morgan fingerprint density at radius 3 is 2.70 bits per heavy atom. The first-order chi connectivity index (χ1) is 14.3. The van der Waals surface area contributed by atoms with Crippen molar-refractivity contribution in [1.82, 2.24) is 20.6 Å². The number of tetrazole rings is 1. The van der Waals surface area contributed by atoms with Crippen LogP contribution in [0.5, 0.6) is 5.75 Å². The van der Waals surface area contributed by atoms with Gasteiger partial charge in [-0.1, -0.05) is 12.1 Å². The maximum atomic E-state index is 13.9. The first-order valence-corrected chi connectivity index (χ1v) is 8.59. The Hall–Kier alpha value is -3.67. The summed E-state index contributed by atoms with van der Waals surface area (Å²) in [5.74, 6) is 0.112. The number of fused-ring (bicyclic) bond motifs is 2. The van der Waals surface area contributed by atoms with Gasteiger partial charge in [-0.3, -0.25) is 0 Å². The van der Waals surface area contributed by atoms with E-state index in [1.165, 1.54) is 6.07 Å². The Kier molecular flexibility index (Phi) is 3.93. The highest BCUT2D eigenvalue weighted by Gasteiger charge is 2.54. The van der Waals surface area contributed by atoms with Crippen LogP contribution >= 0.6 is 0 Å². The summed E-state index contributed by atoms with van der Waals surface area (Å²) in [6.45, 7) is 0.260. The van der Waals surface area contributed by atoms with E-state index >= 15 is 0 Å². The molecule has 4 aromatic rings. The Morgan fingerprint density at radius 2 is 1.90 bits per heavy atom. The number of aromatic amines is 1. The van der Waals surface area contributed by atoms with Gasteiger partial charge >= 0.3 is 12.4 Å². The van der Waals surface area contributed by atoms with Crippen molar-refractivity contribution >= 4 is 16.7 Å². The van der Waals surface area contributed by atoms with Gasteiger partial charge in [-0.25, -0.2) is 4.74 Å². The predicted octanol–water partition coefficient (Wildman–Crippen LogP) is 4.23. The highest BCUT2D eigenvalue weighted by molar-refractivity contribution is 5.82. The van der Waals surface area contributed by atoms with Crippen LogP contribution in [0.2, 0.25) is 0 Å². The lowest BCUT2D eigenvalue weighted by Crippen LogP contribution is -2.41. The zero-order chi connectivity index (χ0) is 20.9. The number of H-pyrrole nitrogens is 1. The fraction of sp³-hybridized carbons (Fsp3) is 0.167. The highest BCUT2D eigenvalue weighted by atomic mass is 19.3. The maximum Gasteiger partial charge on any atom is 0.540 e. The van der Waals surface area contributed by atoms with E-state index in [2.05, 4.69) is 35.4 Å². The molecule has 0 aliphatic carbocycles. The smallest absolute Gasteiger partial charge is 0.453 e. The van der Waals surface area contributed by atoms with E-state index in [4.69, 9.17) is 4.42 Å². The van der Waals surface area contributed by atoms with Crippen molar-refractivity contribution in [2.24, 2.45) is 0 Å². The van der Waals surface area contributed by atoms with Crippen LogP contribution in [0.4, 0.5) is 23.2 Å². The summed E-state index contributed by atoms with van der Waals surface area (Å²) >= 11 is 0. The first kappa shape index (κ1) is 18.4. The van der Waals surface area contributed by atoms with Crippen LogP contribution in [0.1, 0.15) is 11.1 Å². The van der Waals surface area contributed by atoms with Crippen LogP contribution in [0.3, 0.4) is 0 Å². The Bertz CT molecular complexity index is 1230. The molecular weight excluding hydrogens is 410 g/mol. The third-order valence-corrected chi connectivity index (χ3v) is 4.42. The maximum absolute atomic E-state index is 13.9. The summed E-state index contributed by atoms with van der Waals surface area (Å²) in [5.41, 5.74) is 0.859. The molecule has 30 heavy (non-hydrogen) atoms. The van der Waals surface area contributed by atoms with Crippen LogP contribution in [-0.4, -0.2) is 26.9 Å². The minimum absolute atomic E-state index is 0.260. The van der Waals surface area contributed by atoms with Gasteiger partial charge in [0.15, 0.2) is 5.76 Å². The standard InChI is InChI=1S/C18H11F4N5O3/c19-17(20)12-7-11(3-4-13(12)29-18(21,22)30-17)23-8-9-1-2-10-6-15(28-14(10)5-9)16-24-26-27-25-16/h1-7,23H,8H2,(H,24,25,26,27). The van der Waals surface area contributed by atoms with Crippen molar-refractivity contribution in [2.75, 3.05) is 5.32 Å². The number of aromatic nitrogens is 4. The number of nitrogens with one attached hydrogen (secondary N) is 2. The van der Waals surface area contributed by atoms with Crippen LogP contribution in [0, 0.1) is 0 Å². The number of ether oxygens (including phenoxy) is 2. The van der Waals surface area contributed by atoms with Crippen LogP contribution < -0.4 is 10.1 Å². The summed E-state index contributed by atoms with van der Waals surface area (Å²) in [6, 6.07) is 10.6. The minimum Gasteiger partial charge on any atom is -0.453 e. The average Bonchev–Trinajstić information content (AvgIpc) is 3.34. The molecule has 3 heterocycles. The second kappa shape index (κ2) is 6.42. The molecular formula is C18H11F4N5O3. The molecule has 0 bridgehead atoms. The molecule has 0 spiro atoms. The molecule has 1 aliphatic rings. The monoisotopic (exact) mass is 421 g/mol. The molecule has 0 saturated carbocycles. The number of benzene rings is 2. The quantitative estimate of drug-likeness (QED) is 0.476. The van der Waals surface area contributed by atoms with Crippen molar-refractivity contribution in [3.05, 3.63) is 53.6 Å². The number of hydrogen-bond donors (Lipinski definition) is 2. The summed E-state index contributed by atoms with van der Waals surface area (Å²) in [7, 11) is 0. The minimum atomic E-state index is -4.40. The third-order valence-electron chi connectivity index (χ3n) is 4.42. The zero-order valence-electron chi connectivity index (χ0n) is 14.8. The van der Waals surface area contributed by atoms with Gasteiger partial charge in [-0.2, -0.15) is 14.0 Å². The number of halogens is 4. The first-order valence-electron chi connectivity index (χ1n) is 8.59.